The maximum Gasteiger partial charge on any atom is 0.412 e. The molecule has 0 aromatic heterocycles. The third kappa shape index (κ3) is 4.89. The van der Waals surface area contributed by atoms with E-state index in [-0.39, 0.29) is 6.61 Å². The number of nitrogens with one attached hydrogen (secondary N) is 1. The fraction of sp³-hybridized carbons (Fsp3) is 0.500. The normalized spacial score (nSPS) is 12.9. The zero-order valence-electron chi connectivity index (χ0n) is 11.9. The minimum atomic E-state index is -0.545. The Morgan fingerprint density at radius 2 is 2.11 bits per heavy atom. The number of aliphatic hydroxyl groups is 1. The summed E-state index contributed by atoms with van der Waals surface area (Å²) in [6.07, 6.45) is -0.509. The zero-order valence-corrected chi connectivity index (χ0v) is 11.9. The van der Waals surface area contributed by atoms with Gasteiger partial charge in [-0.15, -0.1) is 0 Å². The van der Waals surface area contributed by atoms with Gasteiger partial charge >= 0.3 is 6.09 Å². The first-order valence-electron chi connectivity index (χ1n) is 6.20. The number of aryl methyl sites for hydroxylation is 1. The lowest BCUT2D eigenvalue weighted by Crippen LogP contribution is -2.27. The summed E-state index contributed by atoms with van der Waals surface area (Å²) < 4.78 is 5.19. The number of anilines is 1. The van der Waals surface area contributed by atoms with Gasteiger partial charge in [-0.3, -0.25) is 5.32 Å². The molecule has 0 radical (unpaired) electrons. The standard InChI is InChI=1S/C14H22N2O3/c1-9-5-6-10(11(15)8-17)7-12(9)16-13(18)19-14(2,3)4/h5-7,11,17H,8,15H2,1-4H3,(H,16,18)/t11-/m1/s1. The number of aliphatic hydroxyl groups excluding tert-OH is 1. The highest BCUT2D eigenvalue weighted by atomic mass is 16.6. The molecule has 0 fully saturated rings. The fourth-order valence-electron chi connectivity index (χ4n) is 1.52. The third-order valence-electron chi connectivity index (χ3n) is 2.52. The first-order valence-corrected chi connectivity index (χ1v) is 6.20. The van der Waals surface area contributed by atoms with E-state index in [0.717, 1.165) is 11.1 Å². The average Bonchev–Trinajstić information content (AvgIpc) is 2.28. The Morgan fingerprint density at radius 1 is 1.47 bits per heavy atom. The van der Waals surface area contributed by atoms with Crippen molar-refractivity contribution in [1.82, 2.24) is 0 Å². The number of nitrogens with two attached hydrogens (primary N) is 1. The molecule has 0 spiro atoms. The highest BCUT2D eigenvalue weighted by Gasteiger charge is 2.17. The summed E-state index contributed by atoms with van der Waals surface area (Å²) >= 11 is 0. The van der Waals surface area contributed by atoms with E-state index in [2.05, 4.69) is 5.32 Å². The quantitative estimate of drug-likeness (QED) is 0.784. The SMILES string of the molecule is Cc1ccc([C@H](N)CO)cc1NC(=O)OC(C)(C)C. The molecule has 0 aliphatic heterocycles. The van der Waals surface area contributed by atoms with Crippen molar-refractivity contribution in [2.24, 2.45) is 5.73 Å². The number of benzene rings is 1. The van der Waals surface area contributed by atoms with Gasteiger partial charge in [-0.1, -0.05) is 12.1 Å². The minimum absolute atomic E-state index is 0.144. The van der Waals surface area contributed by atoms with Crippen LogP contribution in [0.15, 0.2) is 18.2 Å². The van der Waals surface area contributed by atoms with E-state index < -0.39 is 17.7 Å². The van der Waals surface area contributed by atoms with Crippen molar-refractivity contribution >= 4 is 11.8 Å². The molecule has 1 rings (SSSR count). The van der Waals surface area contributed by atoms with Crippen LogP contribution in [0.25, 0.3) is 0 Å². The predicted molar refractivity (Wildman–Crippen MR) is 75.0 cm³/mol. The van der Waals surface area contributed by atoms with Crippen LogP contribution in [0.1, 0.15) is 37.9 Å². The van der Waals surface area contributed by atoms with E-state index in [0.29, 0.717) is 5.69 Å². The van der Waals surface area contributed by atoms with Crippen molar-refractivity contribution in [1.29, 1.82) is 0 Å². The molecule has 0 aliphatic carbocycles. The van der Waals surface area contributed by atoms with Gasteiger partial charge in [0, 0.05) is 5.69 Å². The number of rotatable bonds is 3. The predicted octanol–water partition coefficient (Wildman–Crippen LogP) is 2.33. The molecule has 0 bridgehead atoms. The molecule has 1 amide bonds. The molecule has 0 saturated carbocycles. The third-order valence-corrected chi connectivity index (χ3v) is 2.52. The molecule has 1 atom stereocenters. The smallest absolute Gasteiger partial charge is 0.412 e. The van der Waals surface area contributed by atoms with Crippen LogP contribution in [-0.4, -0.2) is 23.4 Å². The second kappa shape index (κ2) is 6.04. The molecule has 0 saturated heterocycles. The summed E-state index contributed by atoms with van der Waals surface area (Å²) in [6.45, 7) is 7.14. The second-order valence-electron chi connectivity index (χ2n) is 5.49. The van der Waals surface area contributed by atoms with Crippen LogP contribution in [0.4, 0.5) is 10.5 Å². The Kier molecular flexibility index (Phi) is 4.91. The lowest BCUT2D eigenvalue weighted by Gasteiger charge is -2.20. The lowest BCUT2D eigenvalue weighted by molar-refractivity contribution is 0.0636. The van der Waals surface area contributed by atoms with Crippen molar-refractivity contribution < 1.29 is 14.6 Å². The zero-order chi connectivity index (χ0) is 14.6. The summed E-state index contributed by atoms with van der Waals surface area (Å²) in [7, 11) is 0. The van der Waals surface area contributed by atoms with Crippen LogP contribution in [0.5, 0.6) is 0 Å². The number of hydrogen-bond donors (Lipinski definition) is 3. The number of ether oxygens (including phenoxy) is 1. The van der Waals surface area contributed by atoms with Crippen molar-refractivity contribution in [2.45, 2.75) is 39.3 Å². The molecule has 1 aromatic carbocycles. The number of hydrogen-bond acceptors (Lipinski definition) is 4. The maximum atomic E-state index is 11.7. The Bertz CT molecular complexity index is 452. The molecular formula is C14H22N2O3. The van der Waals surface area contributed by atoms with Crippen molar-refractivity contribution in [3.8, 4) is 0 Å². The van der Waals surface area contributed by atoms with E-state index in [1.165, 1.54) is 0 Å². The molecule has 1 aromatic rings. The van der Waals surface area contributed by atoms with Crippen LogP contribution in [0.3, 0.4) is 0 Å². The summed E-state index contributed by atoms with van der Waals surface area (Å²) in [4.78, 5) is 11.7. The molecule has 106 valence electrons. The summed E-state index contributed by atoms with van der Waals surface area (Å²) in [5.41, 5.74) is 7.51. The van der Waals surface area contributed by atoms with Crippen LogP contribution >= 0.6 is 0 Å². The van der Waals surface area contributed by atoms with Crippen molar-refractivity contribution in [2.75, 3.05) is 11.9 Å². The van der Waals surface area contributed by atoms with Gasteiger partial charge in [0.05, 0.1) is 12.6 Å². The van der Waals surface area contributed by atoms with E-state index in [9.17, 15) is 4.79 Å². The summed E-state index contributed by atoms with van der Waals surface area (Å²) in [6, 6.07) is 4.97. The van der Waals surface area contributed by atoms with Crippen molar-refractivity contribution in [3.63, 3.8) is 0 Å². The molecule has 0 heterocycles. The van der Waals surface area contributed by atoms with Gasteiger partial charge in [-0.05, 0) is 44.9 Å². The number of amides is 1. The van der Waals surface area contributed by atoms with Crippen molar-refractivity contribution in [3.05, 3.63) is 29.3 Å². The second-order valence-corrected chi connectivity index (χ2v) is 5.49. The van der Waals surface area contributed by atoms with Gasteiger partial charge in [0.1, 0.15) is 5.60 Å². The summed E-state index contributed by atoms with van der Waals surface area (Å²) in [5.74, 6) is 0. The monoisotopic (exact) mass is 266 g/mol. The van der Waals surface area contributed by atoms with E-state index in [4.69, 9.17) is 15.6 Å². The Hall–Kier alpha value is -1.59. The highest BCUT2D eigenvalue weighted by Crippen LogP contribution is 2.21. The number of carbonyl (C=O) groups is 1. The molecule has 0 unspecified atom stereocenters. The van der Waals surface area contributed by atoms with E-state index >= 15 is 0 Å². The van der Waals surface area contributed by atoms with Crippen LogP contribution < -0.4 is 11.1 Å². The molecule has 19 heavy (non-hydrogen) atoms. The average molecular weight is 266 g/mol. The molecule has 4 N–H and O–H groups in total. The fourth-order valence-corrected chi connectivity index (χ4v) is 1.52. The van der Waals surface area contributed by atoms with Gasteiger partial charge in [0.15, 0.2) is 0 Å². The Labute approximate surface area is 113 Å². The van der Waals surface area contributed by atoms with Crippen LogP contribution in [0.2, 0.25) is 0 Å². The van der Waals surface area contributed by atoms with Gasteiger partial charge in [-0.2, -0.15) is 0 Å². The van der Waals surface area contributed by atoms with Gasteiger partial charge in [-0.25, -0.2) is 4.79 Å². The largest absolute Gasteiger partial charge is 0.444 e. The number of carbonyl (C=O) groups excluding carboxylic acids is 1. The first kappa shape index (κ1) is 15.5. The lowest BCUT2D eigenvalue weighted by atomic mass is 10.0. The minimum Gasteiger partial charge on any atom is -0.444 e. The molecular weight excluding hydrogens is 244 g/mol. The first-order chi connectivity index (χ1) is 8.73. The molecule has 5 heteroatoms. The van der Waals surface area contributed by atoms with Crippen LogP contribution in [-0.2, 0) is 4.74 Å². The van der Waals surface area contributed by atoms with Crippen LogP contribution in [0, 0.1) is 6.92 Å². The molecule has 5 nitrogen and oxygen atoms in total. The Morgan fingerprint density at radius 3 is 2.63 bits per heavy atom. The van der Waals surface area contributed by atoms with E-state index in [1.807, 2.05) is 19.1 Å². The van der Waals surface area contributed by atoms with E-state index in [1.54, 1.807) is 26.8 Å². The maximum absolute atomic E-state index is 11.7. The summed E-state index contributed by atoms with van der Waals surface area (Å²) in [5, 5.41) is 11.7. The highest BCUT2D eigenvalue weighted by molar-refractivity contribution is 5.86. The van der Waals surface area contributed by atoms with Gasteiger partial charge < -0.3 is 15.6 Å². The topological polar surface area (TPSA) is 84.6 Å². The van der Waals surface area contributed by atoms with Gasteiger partial charge in [0.2, 0.25) is 0 Å². The van der Waals surface area contributed by atoms with Gasteiger partial charge in [0.25, 0.3) is 0 Å². The Balaban J connectivity index is 2.85. The molecule has 0 aliphatic rings.